The lowest BCUT2D eigenvalue weighted by Crippen LogP contribution is -2.21. The molecule has 0 aliphatic carbocycles. The Morgan fingerprint density at radius 1 is 1.11 bits per heavy atom. The Hall–Kier alpha value is -2.92. The zero-order valence-corrected chi connectivity index (χ0v) is 15.6. The summed E-state index contributed by atoms with van der Waals surface area (Å²) in [5.41, 5.74) is 3.17. The van der Waals surface area contributed by atoms with Gasteiger partial charge in [0.15, 0.2) is 0 Å². The number of halogens is 1. The summed E-state index contributed by atoms with van der Waals surface area (Å²) in [6.45, 7) is 3.99. The molecule has 0 bridgehead atoms. The van der Waals surface area contributed by atoms with E-state index in [4.69, 9.17) is 4.74 Å². The summed E-state index contributed by atoms with van der Waals surface area (Å²) in [7, 11) is 0. The first-order valence-corrected chi connectivity index (χ1v) is 9.55. The Bertz CT molecular complexity index is 1190. The monoisotopic (exact) mass is 377 g/mol. The van der Waals surface area contributed by atoms with E-state index in [9.17, 15) is 9.18 Å². The van der Waals surface area contributed by atoms with Crippen molar-refractivity contribution in [3.63, 3.8) is 0 Å². The molecule has 0 fully saturated rings. The van der Waals surface area contributed by atoms with E-state index < -0.39 is 5.60 Å². The molecule has 5 heteroatoms. The molecule has 5 rings (SSSR count). The van der Waals surface area contributed by atoms with Crippen LogP contribution in [0.5, 0.6) is 0 Å². The highest BCUT2D eigenvalue weighted by Crippen LogP contribution is 2.46. The van der Waals surface area contributed by atoms with E-state index in [1.54, 1.807) is 17.4 Å². The molecule has 2 aliphatic rings. The molecule has 2 aliphatic heterocycles. The first-order valence-electron chi connectivity index (χ1n) is 8.67. The summed E-state index contributed by atoms with van der Waals surface area (Å²) in [6.07, 6.45) is 1.95. The van der Waals surface area contributed by atoms with Crippen LogP contribution >= 0.6 is 11.3 Å². The average molecular weight is 377 g/mol. The van der Waals surface area contributed by atoms with Crippen LogP contribution in [0.25, 0.3) is 21.2 Å². The van der Waals surface area contributed by atoms with Gasteiger partial charge >= 0.3 is 0 Å². The number of allylic oxidation sites excluding steroid dienone is 1. The first kappa shape index (κ1) is 16.3. The minimum absolute atomic E-state index is 0.269. The van der Waals surface area contributed by atoms with Crippen LogP contribution in [0, 0.1) is 5.82 Å². The Labute approximate surface area is 159 Å². The lowest BCUT2D eigenvalue weighted by Gasteiger charge is -2.23. The van der Waals surface area contributed by atoms with Crippen LogP contribution in [0.15, 0.2) is 59.7 Å². The Kier molecular flexibility index (Phi) is 3.34. The molecule has 0 atom stereocenters. The van der Waals surface area contributed by atoms with Crippen LogP contribution in [0.1, 0.15) is 25.0 Å². The number of amides is 1. The van der Waals surface area contributed by atoms with Crippen LogP contribution in [-0.2, 0) is 9.53 Å². The normalized spacial score (nSPS) is 20.4. The molecule has 3 heterocycles. The minimum Gasteiger partial charge on any atom is -0.482 e. The van der Waals surface area contributed by atoms with Gasteiger partial charge in [-0.1, -0.05) is 18.2 Å². The van der Waals surface area contributed by atoms with Gasteiger partial charge in [0.1, 0.15) is 17.2 Å². The molecule has 0 unspecified atom stereocenters. The fraction of sp³-hybridized carbons (Fsp3) is 0.136. The van der Waals surface area contributed by atoms with Crippen molar-refractivity contribution in [3.05, 3.63) is 76.6 Å². The van der Waals surface area contributed by atoms with Crippen LogP contribution in [0.4, 0.5) is 10.1 Å². The Morgan fingerprint density at radius 2 is 1.93 bits per heavy atom. The van der Waals surface area contributed by atoms with Gasteiger partial charge in [0.2, 0.25) is 0 Å². The topological polar surface area (TPSA) is 38.3 Å². The number of nitrogens with one attached hydrogen (secondary N) is 1. The smallest absolute Gasteiger partial charge is 0.260 e. The summed E-state index contributed by atoms with van der Waals surface area (Å²) in [5.74, 6) is -0.129. The van der Waals surface area contributed by atoms with Crippen molar-refractivity contribution in [2.75, 3.05) is 5.32 Å². The van der Waals surface area contributed by atoms with Crippen LogP contribution in [-0.4, -0.2) is 11.5 Å². The van der Waals surface area contributed by atoms with Crippen molar-refractivity contribution in [2.45, 2.75) is 19.4 Å². The zero-order valence-electron chi connectivity index (χ0n) is 14.8. The maximum absolute atomic E-state index is 13.5. The van der Waals surface area contributed by atoms with Crippen LogP contribution < -0.4 is 5.32 Å². The van der Waals surface area contributed by atoms with E-state index in [2.05, 4.69) is 22.8 Å². The lowest BCUT2D eigenvalue weighted by molar-refractivity contribution is -0.111. The third-order valence-electron chi connectivity index (χ3n) is 5.03. The lowest BCUT2D eigenvalue weighted by atomic mass is 9.92. The average Bonchev–Trinajstić information content (AvgIpc) is 3.26. The molecule has 1 aromatic heterocycles. The maximum Gasteiger partial charge on any atom is 0.260 e. The number of ether oxygens (including phenoxy) is 1. The predicted molar refractivity (Wildman–Crippen MR) is 107 cm³/mol. The van der Waals surface area contributed by atoms with Crippen molar-refractivity contribution >= 4 is 44.2 Å². The SMILES string of the molecule is CC1(C)O/C(=C2/C(=O)Nc3cc(F)ccc32)C=C1c1csc2ccccc12. The fourth-order valence-corrected chi connectivity index (χ4v) is 4.73. The molecule has 0 spiro atoms. The second-order valence-corrected chi connectivity index (χ2v) is 8.11. The number of carbonyl (C=O) groups excluding carboxylic acids is 1. The van der Waals surface area contributed by atoms with Gasteiger partial charge in [-0.3, -0.25) is 4.79 Å². The number of thiophene rings is 1. The van der Waals surface area contributed by atoms with E-state index >= 15 is 0 Å². The Morgan fingerprint density at radius 3 is 2.78 bits per heavy atom. The molecule has 3 nitrogen and oxygen atoms in total. The molecule has 134 valence electrons. The highest BCUT2D eigenvalue weighted by Gasteiger charge is 2.38. The fourth-order valence-electron chi connectivity index (χ4n) is 3.77. The standard InChI is InChI=1S/C22H16FNO2S/c1-22(2)16(15-11-27-19-6-4-3-5-13(15)19)10-18(26-22)20-14-8-7-12(23)9-17(14)24-21(20)25/h3-11H,1-2H3,(H,24,25)/b20-18+. The summed E-state index contributed by atoms with van der Waals surface area (Å²) < 4.78 is 20.9. The number of rotatable bonds is 1. The number of anilines is 1. The van der Waals surface area contributed by atoms with Gasteiger partial charge in [0.25, 0.3) is 5.91 Å². The highest BCUT2D eigenvalue weighted by molar-refractivity contribution is 7.17. The van der Waals surface area contributed by atoms with E-state index in [0.717, 1.165) is 11.1 Å². The second kappa shape index (κ2) is 5.54. The summed E-state index contributed by atoms with van der Waals surface area (Å²) in [5, 5.41) is 6.04. The molecule has 27 heavy (non-hydrogen) atoms. The van der Waals surface area contributed by atoms with Crippen molar-refractivity contribution < 1.29 is 13.9 Å². The van der Waals surface area contributed by atoms with Gasteiger partial charge in [-0.15, -0.1) is 11.3 Å². The Balaban J connectivity index is 1.70. The molecule has 2 aromatic carbocycles. The van der Waals surface area contributed by atoms with Crippen LogP contribution in [0.3, 0.4) is 0 Å². The minimum atomic E-state index is -0.574. The molecule has 0 radical (unpaired) electrons. The van der Waals surface area contributed by atoms with Gasteiger partial charge in [-0.2, -0.15) is 0 Å². The van der Waals surface area contributed by atoms with Gasteiger partial charge in [0.05, 0.1) is 11.3 Å². The summed E-state index contributed by atoms with van der Waals surface area (Å²) in [6, 6.07) is 12.6. The summed E-state index contributed by atoms with van der Waals surface area (Å²) in [4.78, 5) is 12.5. The molecule has 0 saturated carbocycles. The first-order chi connectivity index (χ1) is 12.9. The molecule has 3 aromatic rings. The molecule has 0 saturated heterocycles. The largest absolute Gasteiger partial charge is 0.482 e. The van der Waals surface area contributed by atoms with Crippen molar-refractivity contribution in [1.82, 2.24) is 0 Å². The number of fused-ring (bicyclic) bond motifs is 2. The van der Waals surface area contributed by atoms with E-state index in [1.165, 1.54) is 22.2 Å². The number of carbonyl (C=O) groups is 1. The van der Waals surface area contributed by atoms with Crippen LogP contribution in [0.2, 0.25) is 0 Å². The van der Waals surface area contributed by atoms with E-state index in [1.807, 2.05) is 32.1 Å². The van der Waals surface area contributed by atoms with E-state index in [0.29, 0.717) is 22.6 Å². The molecular formula is C22H16FNO2S. The summed E-state index contributed by atoms with van der Waals surface area (Å²) >= 11 is 1.69. The van der Waals surface area contributed by atoms with E-state index in [-0.39, 0.29) is 11.7 Å². The highest BCUT2D eigenvalue weighted by atomic mass is 32.1. The number of benzene rings is 2. The maximum atomic E-state index is 13.5. The quantitative estimate of drug-likeness (QED) is 0.561. The molecule has 1 amide bonds. The van der Waals surface area contributed by atoms with Crippen molar-refractivity contribution in [3.8, 4) is 0 Å². The van der Waals surface area contributed by atoms with Gasteiger partial charge in [-0.05, 0) is 49.6 Å². The van der Waals surface area contributed by atoms with Gasteiger partial charge < -0.3 is 10.1 Å². The third kappa shape index (κ3) is 2.42. The predicted octanol–water partition coefficient (Wildman–Crippen LogP) is 5.60. The zero-order chi connectivity index (χ0) is 18.8. The van der Waals surface area contributed by atoms with Crippen molar-refractivity contribution in [1.29, 1.82) is 0 Å². The molecule has 1 N–H and O–H groups in total. The number of hydrogen-bond donors (Lipinski definition) is 1. The second-order valence-electron chi connectivity index (χ2n) is 7.20. The number of hydrogen-bond acceptors (Lipinski definition) is 3. The van der Waals surface area contributed by atoms with Gasteiger partial charge in [0, 0.05) is 26.8 Å². The van der Waals surface area contributed by atoms with Crippen molar-refractivity contribution in [2.24, 2.45) is 0 Å². The molecular weight excluding hydrogens is 361 g/mol. The third-order valence-corrected chi connectivity index (χ3v) is 6.00. The van der Waals surface area contributed by atoms with Gasteiger partial charge in [-0.25, -0.2) is 4.39 Å².